The van der Waals surface area contributed by atoms with Crippen molar-refractivity contribution >= 4 is 34.5 Å². The number of hydrogen-bond acceptors (Lipinski definition) is 5. The molecule has 3 aromatic carbocycles. The molecule has 1 unspecified atom stereocenters. The van der Waals surface area contributed by atoms with Gasteiger partial charge in [-0.25, -0.2) is 0 Å². The van der Waals surface area contributed by atoms with Crippen molar-refractivity contribution in [3.05, 3.63) is 89.6 Å². The summed E-state index contributed by atoms with van der Waals surface area (Å²) in [5.74, 6) is -1.22. The van der Waals surface area contributed by atoms with Gasteiger partial charge in [0.2, 0.25) is 0 Å². The van der Waals surface area contributed by atoms with E-state index in [0.29, 0.717) is 0 Å². The van der Waals surface area contributed by atoms with Crippen LogP contribution in [-0.2, 0) is 38.1 Å². The molecule has 1 radical (unpaired) electrons. The number of nitrogens with zero attached hydrogens (tertiary/aromatic N) is 1. The summed E-state index contributed by atoms with van der Waals surface area (Å²) >= 11 is 0. The molecule has 4 rings (SSSR count). The first kappa shape index (κ1) is 28.8. The third-order valence-corrected chi connectivity index (χ3v) is 6.20. The zero-order valence-electron chi connectivity index (χ0n) is 20.9. The van der Waals surface area contributed by atoms with Gasteiger partial charge in [0.05, 0.1) is 12.3 Å². The molecule has 3 N–H and O–H groups in total. The molecule has 0 aliphatic carbocycles. The number of hydrogen-bond donors (Lipinski definition) is 3. The van der Waals surface area contributed by atoms with Gasteiger partial charge in [-0.2, -0.15) is 0 Å². The Kier molecular flexibility index (Phi) is 10.4. The average molecular weight is 531 g/mol. The van der Waals surface area contributed by atoms with Gasteiger partial charge >= 0.3 is 5.97 Å². The summed E-state index contributed by atoms with van der Waals surface area (Å²) in [6.45, 7) is 7.35. The second-order valence-corrected chi connectivity index (χ2v) is 8.57. The third-order valence-electron chi connectivity index (χ3n) is 6.20. The van der Waals surface area contributed by atoms with Crippen molar-refractivity contribution in [2.24, 2.45) is 0 Å². The van der Waals surface area contributed by atoms with Crippen LogP contribution in [0.15, 0.2) is 78.5 Å². The normalized spacial score (nSPS) is 17.0. The second-order valence-electron chi connectivity index (χ2n) is 8.57. The van der Waals surface area contributed by atoms with Crippen LogP contribution in [0.25, 0.3) is 10.8 Å². The fraction of sp³-hybridized carbons (Fsp3) is 0.276. The number of esters is 1. The van der Waals surface area contributed by atoms with E-state index in [1.54, 1.807) is 6.92 Å². The van der Waals surface area contributed by atoms with Crippen LogP contribution in [0.2, 0.25) is 0 Å². The van der Waals surface area contributed by atoms with Gasteiger partial charge in [-0.15, -0.1) is 0 Å². The Hall–Kier alpha value is -3.42. The monoisotopic (exact) mass is 530 g/mol. The quantitative estimate of drug-likeness (QED) is 0.193. The zero-order valence-corrected chi connectivity index (χ0v) is 21.9. The van der Waals surface area contributed by atoms with E-state index >= 15 is 0 Å². The molecule has 6 nitrogen and oxygen atoms in total. The molecule has 0 spiro atoms. The van der Waals surface area contributed by atoms with Crippen molar-refractivity contribution in [3.8, 4) is 0 Å². The van der Waals surface area contributed by atoms with Crippen molar-refractivity contribution in [2.75, 3.05) is 18.1 Å². The molecule has 191 valence electrons. The molecular weight excluding hydrogens is 497 g/mol. The molecule has 7 heteroatoms. The van der Waals surface area contributed by atoms with Gasteiger partial charge in [-0.3, -0.25) is 10.2 Å². The van der Waals surface area contributed by atoms with E-state index in [0.717, 1.165) is 13.0 Å². The maximum Gasteiger partial charge on any atom is 0.315 e. The Bertz CT molecular complexity index is 1240. The summed E-state index contributed by atoms with van der Waals surface area (Å²) < 4.78 is 4.41. The predicted molar refractivity (Wildman–Crippen MR) is 143 cm³/mol. The van der Waals surface area contributed by atoms with Crippen molar-refractivity contribution in [1.29, 1.82) is 10.8 Å². The Balaban J connectivity index is 0.000000394. The van der Waals surface area contributed by atoms with Crippen LogP contribution in [0.3, 0.4) is 0 Å². The molecule has 1 aliphatic rings. The number of fused-ring (bicyclic) bond motifs is 3. The molecule has 0 bridgehead atoms. The molecule has 0 saturated heterocycles. The topological polar surface area (TPSA) is 97.5 Å². The maximum atomic E-state index is 10.3. The fourth-order valence-corrected chi connectivity index (χ4v) is 4.77. The molecular formula is C29H33CoN3O3. The van der Waals surface area contributed by atoms with Gasteiger partial charge in [0, 0.05) is 46.0 Å². The first-order valence-corrected chi connectivity index (χ1v) is 11.8. The predicted octanol–water partition coefficient (Wildman–Crippen LogP) is 6.19. The number of benzene rings is 3. The fourth-order valence-electron chi connectivity index (χ4n) is 4.77. The van der Waals surface area contributed by atoms with Crippen molar-refractivity contribution in [2.45, 2.75) is 39.0 Å². The molecule has 0 saturated carbocycles. The molecule has 3 aromatic rings. The first-order valence-electron chi connectivity index (χ1n) is 11.8. The van der Waals surface area contributed by atoms with E-state index in [-0.39, 0.29) is 35.2 Å². The van der Waals surface area contributed by atoms with Gasteiger partial charge < -0.3 is 20.2 Å². The summed E-state index contributed by atoms with van der Waals surface area (Å²) in [4.78, 5) is 12.7. The van der Waals surface area contributed by atoms with Crippen LogP contribution in [0.1, 0.15) is 38.3 Å². The van der Waals surface area contributed by atoms with Crippen molar-refractivity contribution in [1.82, 2.24) is 0 Å². The molecule has 0 amide bonds. The summed E-state index contributed by atoms with van der Waals surface area (Å²) in [6, 6.07) is 23.8. The Labute approximate surface area is 223 Å². The largest absolute Gasteiger partial charge is 0.496 e. The maximum absolute atomic E-state index is 10.3. The molecule has 36 heavy (non-hydrogen) atoms. The van der Waals surface area contributed by atoms with E-state index in [4.69, 9.17) is 15.9 Å². The zero-order chi connectivity index (χ0) is 25.4. The second kappa shape index (κ2) is 13.0. The van der Waals surface area contributed by atoms with Crippen LogP contribution in [0.5, 0.6) is 0 Å². The molecule has 1 heterocycles. The van der Waals surface area contributed by atoms with Gasteiger partial charge in [0.25, 0.3) is 0 Å². The van der Waals surface area contributed by atoms with Crippen LogP contribution >= 0.6 is 0 Å². The summed E-state index contributed by atoms with van der Waals surface area (Å²) in [6.07, 6.45) is 4.00. The number of aliphatic hydroxyl groups excluding tert-OH is 1. The van der Waals surface area contributed by atoms with Gasteiger partial charge in [0.15, 0.2) is 5.90 Å². The van der Waals surface area contributed by atoms with E-state index in [1.807, 2.05) is 6.08 Å². The van der Waals surface area contributed by atoms with Crippen LogP contribution < -0.4 is 4.90 Å². The summed E-state index contributed by atoms with van der Waals surface area (Å²) in [5, 5.41) is 25.0. The molecule has 0 aromatic heterocycles. The van der Waals surface area contributed by atoms with Crippen LogP contribution in [0.4, 0.5) is 5.69 Å². The van der Waals surface area contributed by atoms with E-state index in [9.17, 15) is 4.79 Å². The minimum Gasteiger partial charge on any atom is -0.496 e. The minimum atomic E-state index is -0.659. The smallest absolute Gasteiger partial charge is 0.315 e. The van der Waals surface area contributed by atoms with Gasteiger partial charge in [0.1, 0.15) is 6.42 Å². The minimum absolute atomic E-state index is 0. The third kappa shape index (κ3) is 6.22. The van der Waals surface area contributed by atoms with Crippen molar-refractivity contribution in [3.63, 3.8) is 0 Å². The summed E-state index contributed by atoms with van der Waals surface area (Å²) in [7, 11) is 0. The number of ether oxygens (including phenoxy) is 1. The van der Waals surface area contributed by atoms with Gasteiger partial charge in [-0.05, 0) is 49.8 Å². The number of aliphatic hydroxyl groups is 1. The van der Waals surface area contributed by atoms with E-state index < -0.39 is 11.9 Å². The van der Waals surface area contributed by atoms with E-state index in [2.05, 4.69) is 90.2 Å². The number of nitrogens with one attached hydrogen (secondary N) is 2. The number of likely N-dealkylation sites (N-methyl/N-ethyl adjacent to an activating group) is 1. The Morgan fingerprint density at radius 1 is 1.06 bits per heavy atom. The SMILES string of the molecule is CCN1/C(=C\C=N)C(C)(Cc2ccccc2)c2ccc3ccccc3c21.CCOC(=O)CC(=N)O.[Co]. The Morgan fingerprint density at radius 3 is 2.33 bits per heavy atom. The number of anilines is 1. The number of carbonyl (C=O) groups is 1. The average Bonchev–Trinajstić information content (AvgIpc) is 3.07. The first-order chi connectivity index (χ1) is 16.8. The van der Waals surface area contributed by atoms with Gasteiger partial charge in [-0.1, -0.05) is 66.7 Å². The Morgan fingerprint density at radius 2 is 1.72 bits per heavy atom. The number of carbonyl (C=O) groups excluding carboxylic acids is 1. The molecule has 1 atom stereocenters. The van der Waals surface area contributed by atoms with Crippen LogP contribution in [0, 0.1) is 10.8 Å². The molecule has 1 aliphatic heterocycles. The van der Waals surface area contributed by atoms with E-state index in [1.165, 1.54) is 39.5 Å². The molecule has 0 fully saturated rings. The van der Waals surface area contributed by atoms with Crippen molar-refractivity contribution < 1.29 is 31.4 Å². The number of allylic oxidation sites excluding steroid dienone is 2. The standard InChI is InChI=1S/C24H24N2.C5H9NO3.Co/c1-3-26-22(15-16-25)24(2,17-18-9-5-4-6-10-18)21-14-13-19-11-7-8-12-20(19)23(21)26;1-2-9-5(8)3-4(6)7;/h4-16,25H,3,17H2,1-2H3;2-3H2,1H3,(H2,6,7);/b22-15-,25-16?;;. The number of rotatable bonds is 7. The van der Waals surface area contributed by atoms with Crippen LogP contribution in [-0.4, -0.2) is 36.3 Å². The summed E-state index contributed by atoms with van der Waals surface area (Å²) in [5.41, 5.74) is 5.05.